The zero-order chi connectivity index (χ0) is 11.1. The second-order valence-corrected chi connectivity index (χ2v) is 3.26. The van der Waals surface area contributed by atoms with E-state index < -0.39 is 0 Å². The Hall–Kier alpha value is -1.35. The van der Waals surface area contributed by atoms with E-state index in [1.165, 1.54) is 0 Å². The fourth-order valence-electron chi connectivity index (χ4n) is 0.981. The first-order valence-electron chi connectivity index (χ1n) is 4.63. The van der Waals surface area contributed by atoms with Gasteiger partial charge in [0, 0.05) is 11.2 Å². The molecule has 0 amide bonds. The molecule has 0 aliphatic rings. The molecule has 0 saturated heterocycles. The van der Waals surface area contributed by atoms with Crippen LogP contribution in [-0.2, 0) is 9.53 Å². The Morgan fingerprint density at radius 2 is 2.13 bits per heavy atom. The Labute approximate surface area is 93.7 Å². The molecule has 0 unspecified atom stereocenters. The molecular weight excluding hydrogens is 214 g/mol. The number of nitrogens with zero attached hydrogens (tertiary/aromatic N) is 1. The van der Waals surface area contributed by atoms with Gasteiger partial charge in [-0.05, 0) is 24.6 Å². The third-order valence-corrected chi connectivity index (χ3v) is 1.89. The van der Waals surface area contributed by atoms with Crippen LogP contribution in [0.5, 0.6) is 0 Å². The number of aliphatic imine (C=N–C) groups is 1. The molecule has 0 spiro atoms. The lowest BCUT2D eigenvalue weighted by Crippen LogP contribution is -2.07. The Bertz CT molecular complexity index is 346. The SMILES string of the molecule is CCOC(=O)C/N=C/c1ccc(Cl)cc1. The molecule has 0 aliphatic carbocycles. The van der Waals surface area contributed by atoms with Gasteiger partial charge in [-0.15, -0.1) is 0 Å². The first-order valence-corrected chi connectivity index (χ1v) is 5.01. The molecule has 0 fully saturated rings. The van der Waals surface area contributed by atoms with Crippen LogP contribution < -0.4 is 0 Å². The van der Waals surface area contributed by atoms with Crippen molar-refractivity contribution in [2.45, 2.75) is 6.92 Å². The van der Waals surface area contributed by atoms with Gasteiger partial charge in [-0.1, -0.05) is 23.7 Å². The summed E-state index contributed by atoms with van der Waals surface area (Å²) in [5.74, 6) is -0.317. The summed E-state index contributed by atoms with van der Waals surface area (Å²) in [6, 6.07) is 7.20. The number of esters is 1. The molecule has 0 radical (unpaired) electrons. The van der Waals surface area contributed by atoms with Crippen molar-refractivity contribution in [2.75, 3.05) is 13.2 Å². The Kier molecular flexibility index (Phi) is 4.84. The van der Waals surface area contributed by atoms with Crippen LogP contribution in [0.2, 0.25) is 5.02 Å². The highest BCUT2D eigenvalue weighted by Gasteiger charge is 1.96. The topological polar surface area (TPSA) is 38.7 Å². The lowest BCUT2D eigenvalue weighted by Gasteiger charge is -1.96. The standard InChI is InChI=1S/C11H12ClNO2/c1-2-15-11(14)8-13-7-9-3-5-10(12)6-4-9/h3-7H,2,8H2,1H3/b13-7+. The van der Waals surface area contributed by atoms with E-state index in [4.69, 9.17) is 16.3 Å². The smallest absolute Gasteiger partial charge is 0.327 e. The average Bonchev–Trinajstić information content (AvgIpc) is 2.21. The number of hydrogen-bond donors (Lipinski definition) is 0. The predicted octanol–water partition coefficient (Wildman–Crippen LogP) is 2.32. The maximum absolute atomic E-state index is 10.9. The van der Waals surface area contributed by atoms with Crippen molar-refractivity contribution in [2.24, 2.45) is 4.99 Å². The summed E-state index contributed by atoms with van der Waals surface area (Å²) >= 11 is 5.72. The van der Waals surface area contributed by atoms with Gasteiger partial charge in [-0.2, -0.15) is 0 Å². The molecule has 4 heteroatoms. The number of ether oxygens (including phenoxy) is 1. The molecule has 1 aromatic carbocycles. The average molecular weight is 226 g/mol. The Morgan fingerprint density at radius 1 is 1.47 bits per heavy atom. The van der Waals surface area contributed by atoms with E-state index in [0.717, 1.165) is 5.56 Å². The van der Waals surface area contributed by atoms with Gasteiger partial charge in [0.1, 0.15) is 6.54 Å². The molecule has 0 aliphatic heterocycles. The maximum Gasteiger partial charge on any atom is 0.327 e. The van der Waals surface area contributed by atoms with Crippen LogP contribution >= 0.6 is 11.6 Å². The van der Waals surface area contributed by atoms with Crippen LogP contribution in [0.1, 0.15) is 12.5 Å². The summed E-state index contributed by atoms with van der Waals surface area (Å²) in [5.41, 5.74) is 0.906. The van der Waals surface area contributed by atoms with Crippen LogP contribution in [0.15, 0.2) is 29.3 Å². The number of hydrogen-bond acceptors (Lipinski definition) is 3. The zero-order valence-electron chi connectivity index (χ0n) is 8.44. The number of rotatable bonds is 4. The van der Waals surface area contributed by atoms with E-state index in [2.05, 4.69) is 4.99 Å². The van der Waals surface area contributed by atoms with Crippen molar-refractivity contribution in [1.82, 2.24) is 0 Å². The Morgan fingerprint density at radius 3 is 2.73 bits per heavy atom. The molecule has 1 rings (SSSR count). The van der Waals surface area contributed by atoms with Crippen molar-refractivity contribution >= 4 is 23.8 Å². The first kappa shape index (κ1) is 11.7. The normalized spacial score (nSPS) is 10.5. The summed E-state index contributed by atoms with van der Waals surface area (Å²) in [6.45, 7) is 2.20. The first-order chi connectivity index (χ1) is 7.22. The maximum atomic E-state index is 10.9. The van der Waals surface area contributed by atoms with E-state index in [1.54, 1.807) is 25.3 Å². The highest BCUT2D eigenvalue weighted by atomic mass is 35.5. The lowest BCUT2D eigenvalue weighted by atomic mass is 10.2. The molecule has 3 nitrogen and oxygen atoms in total. The predicted molar refractivity (Wildman–Crippen MR) is 60.5 cm³/mol. The van der Waals surface area contributed by atoms with Gasteiger partial charge in [0.15, 0.2) is 0 Å². The van der Waals surface area contributed by atoms with Crippen molar-refractivity contribution < 1.29 is 9.53 Å². The largest absolute Gasteiger partial charge is 0.465 e. The molecule has 1 aromatic rings. The van der Waals surface area contributed by atoms with E-state index in [1.807, 2.05) is 12.1 Å². The van der Waals surface area contributed by atoms with E-state index in [9.17, 15) is 4.79 Å². The molecule has 0 atom stereocenters. The molecule has 0 aromatic heterocycles. The highest BCUT2D eigenvalue weighted by molar-refractivity contribution is 6.30. The van der Waals surface area contributed by atoms with Crippen LogP contribution in [0.25, 0.3) is 0 Å². The minimum atomic E-state index is -0.317. The van der Waals surface area contributed by atoms with Gasteiger partial charge in [-0.25, -0.2) is 0 Å². The van der Waals surface area contributed by atoms with E-state index >= 15 is 0 Å². The minimum Gasteiger partial charge on any atom is -0.465 e. The number of carbonyl (C=O) groups excluding carboxylic acids is 1. The van der Waals surface area contributed by atoms with Gasteiger partial charge in [0.25, 0.3) is 0 Å². The van der Waals surface area contributed by atoms with Gasteiger partial charge in [0.05, 0.1) is 6.61 Å². The number of carbonyl (C=O) groups is 1. The van der Waals surface area contributed by atoms with Gasteiger partial charge in [-0.3, -0.25) is 9.79 Å². The summed E-state index contributed by atoms with van der Waals surface area (Å²) in [6.07, 6.45) is 1.62. The minimum absolute atomic E-state index is 0.0521. The molecule has 0 N–H and O–H groups in total. The quantitative estimate of drug-likeness (QED) is 0.583. The summed E-state index contributed by atoms with van der Waals surface area (Å²) in [5, 5.41) is 0.678. The monoisotopic (exact) mass is 225 g/mol. The number of benzene rings is 1. The summed E-state index contributed by atoms with van der Waals surface area (Å²) in [4.78, 5) is 14.9. The second-order valence-electron chi connectivity index (χ2n) is 2.83. The molecule has 80 valence electrons. The van der Waals surface area contributed by atoms with Crippen LogP contribution in [0.3, 0.4) is 0 Å². The lowest BCUT2D eigenvalue weighted by molar-refractivity contribution is -0.141. The molecular formula is C11H12ClNO2. The van der Waals surface area contributed by atoms with E-state index in [0.29, 0.717) is 11.6 Å². The van der Waals surface area contributed by atoms with Crippen LogP contribution in [-0.4, -0.2) is 25.3 Å². The fourth-order valence-corrected chi connectivity index (χ4v) is 1.11. The summed E-state index contributed by atoms with van der Waals surface area (Å²) < 4.78 is 4.73. The van der Waals surface area contributed by atoms with Crippen molar-refractivity contribution in [3.8, 4) is 0 Å². The zero-order valence-corrected chi connectivity index (χ0v) is 9.20. The van der Waals surface area contributed by atoms with Crippen molar-refractivity contribution in [3.05, 3.63) is 34.9 Å². The molecule has 0 bridgehead atoms. The van der Waals surface area contributed by atoms with E-state index in [-0.39, 0.29) is 12.5 Å². The van der Waals surface area contributed by atoms with Gasteiger partial charge < -0.3 is 4.74 Å². The van der Waals surface area contributed by atoms with Crippen molar-refractivity contribution in [3.63, 3.8) is 0 Å². The van der Waals surface area contributed by atoms with Crippen molar-refractivity contribution in [1.29, 1.82) is 0 Å². The number of halogens is 1. The fraction of sp³-hybridized carbons (Fsp3) is 0.273. The highest BCUT2D eigenvalue weighted by Crippen LogP contribution is 2.07. The van der Waals surface area contributed by atoms with Gasteiger partial charge in [0.2, 0.25) is 0 Å². The van der Waals surface area contributed by atoms with Gasteiger partial charge >= 0.3 is 5.97 Å². The molecule has 15 heavy (non-hydrogen) atoms. The van der Waals surface area contributed by atoms with Crippen LogP contribution in [0, 0.1) is 0 Å². The Balaban J connectivity index is 2.44. The third kappa shape index (κ3) is 4.61. The second kappa shape index (κ2) is 6.19. The molecule has 0 saturated carbocycles. The third-order valence-electron chi connectivity index (χ3n) is 1.64. The molecule has 0 heterocycles. The van der Waals surface area contributed by atoms with Crippen LogP contribution in [0.4, 0.5) is 0 Å². The summed E-state index contributed by atoms with van der Waals surface area (Å²) in [7, 11) is 0.